The van der Waals surface area contributed by atoms with Gasteiger partial charge in [0.1, 0.15) is 97.4 Å². The quantitative estimate of drug-likeness (QED) is 0.0192. The van der Waals surface area contributed by atoms with E-state index in [2.05, 4.69) is 44.5 Å². The van der Waals surface area contributed by atoms with Crippen molar-refractivity contribution in [2.45, 2.75) is 227 Å². The van der Waals surface area contributed by atoms with Gasteiger partial charge in [-0.1, -0.05) is 57.6 Å². The Hall–Kier alpha value is -3.15. The average Bonchev–Trinajstić information content (AvgIpc) is 3.34. The zero-order chi connectivity index (χ0) is 55.6. The van der Waals surface area contributed by atoms with Crippen LogP contribution in [0.15, 0.2) is 12.2 Å². The molecule has 4 aliphatic rings. The lowest BCUT2D eigenvalue weighted by molar-refractivity contribution is -0.361. The van der Waals surface area contributed by atoms with Crippen molar-refractivity contribution >= 4 is 34.0 Å². The smallest absolute Gasteiger partial charge is 0.394 e. The number of carbonyl (C=O) groups is 4. The van der Waals surface area contributed by atoms with Crippen molar-refractivity contribution in [1.29, 1.82) is 0 Å². The van der Waals surface area contributed by atoms with E-state index in [0.717, 1.165) is 59.3 Å². The Labute approximate surface area is 435 Å². The molecule has 28 nitrogen and oxygen atoms in total. The van der Waals surface area contributed by atoms with E-state index in [1.807, 2.05) is 0 Å². The molecule has 0 aromatic carbocycles. The van der Waals surface area contributed by atoms with Gasteiger partial charge < -0.3 is 100 Å². The van der Waals surface area contributed by atoms with Gasteiger partial charge in [0.05, 0.1) is 26.4 Å². The summed E-state index contributed by atoms with van der Waals surface area (Å²) in [7, 11) is -5.15. The number of carbonyl (C=O) groups excluding carboxylic acids is 4. The van der Waals surface area contributed by atoms with Gasteiger partial charge in [0.25, 0.3) is 0 Å². The Bertz CT molecular complexity index is 1910. The third kappa shape index (κ3) is 19.3. The maximum absolute atomic E-state index is 13.3. The molecule has 0 aromatic rings. The number of nitrogens with one attached hydrogen (secondary N) is 4. The van der Waals surface area contributed by atoms with Gasteiger partial charge in [-0.2, -0.15) is 8.42 Å². The Morgan fingerprint density at radius 1 is 0.507 bits per heavy atom. The molecule has 0 saturated carbocycles. The standard InChI is InChI=1S/C46H80N4O24S/c1-5-6-7-8-9-10-11-12-13-14-15-16-17-18-30(57)50-32-36(59)35(58)26(19-51)69-44(32)72-40-27(20-52)70-45(33(38(40)61)48-24(3)55)73-41-28(21-53)71-46(34(39(41)62)49-25(4)56)74-42-29(22-67-75(64,65)66)68-43(63)31(37(42)60)47-23(2)54/h10-11,26-29,31-46,51-53,58-63H,5-9,12-22H2,1-4H3,(H,47,54)(H,48,55)(H,49,56)(H,50,57)(H,64,65,66)/b11-10-/t26?,27?,28?,29?,31-,32-,33-,34-,35+,36?,37?,38?,39?,40+,41+,42+,43+,44-,45-,46-/m0/s1. The summed E-state index contributed by atoms with van der Waals surface area (Å²) in [5.74, 6) is -2.91. The third-order valence-electron chi connectivity index (χ3n) is 13.1. The van der Waals surface area contributed by atoms with Crippen molar-refractivity contribution in [2.75, 3.05) is 26.4 Å². The van der Waals surface area contributed by atoms with Crippen LogP contribution in [-0.2, 0) is 66.9 Å². The molecule has 29 heteroatoms. The van der Waals surface area contributed by atoms with Crippen LogP contribution in [-0.4, -0.2) is 232 Å². The number of hydrogen-bond acceptors (Lipinski definition) is 23. The van der Waals surface area contributed by atoms with Gasteiger partial charge in [-0.15, -0.1) is 0 Å². The van der Waals surface area contributed by atoms with E-state index in [1.54, 1.807) is 0 Å². The highest BCUT2D eigenvalue weighted by molar-refractivity contribution is 7.80. The number of amides is 4. The molecule has 4 fully saturated rings. The number of unbranched alkanes of at least 4 members (excludes halogenated alkanes) is 9. The summed E-state index contributed by atoms with van der Waals surface area (Å²) in [6, 6.07) is -6.58. The molecule has 4 aliphatic heterocycles. The second-order valence-corrected chi connectivity index (χ2v) is 20.2. The molecule has 0 aromatic heterocycles. The SMILES string of the molecule is CCCCCC/C=C\CCCCCCCC(=O)N[C@H]1C(O)[C@H](O)C(CO)O[C@H]1O[C@@H]1C(CO)O[C@@H](O[C@@H]2C(CO)O[C@@H](O[C@@H]3C(COS(=O)(=O)O)O[C@@H](O)[C@@H](NC(C)=O)C3O)[C@@H](NC(C)=O)C2O)[C@@H](NC(C)=O)C1O. The molecule has 0 spiro atoms. The van der Waals surface area contributed by atoms with Gasteiger partial charge in [-0.3, -0.25) is 23.7 Å². The van der Waals surface area contributed by atoms with Crippen LogP contribution in [0.5, 0.6) is 0 Å². The van der Waals surface area contributed by atoms with Crippen molar-refractivity contribution in [3.05, 3.63) is 12.2 Å². The molecule has 4 rings (SSSR count). The first-order valence-electron chi connectivity index (χ1n) is 25.4. The second kappa shape index (κ2) is 31.4. The minimum absolute atomic E-state index is 0.0269. The van der Waals surface area contributed by atoms with Crippen LogP contribution in [0.4, 0.5) is 0 Å². The summed E-state index contributed by atoms with van der Waals surface area (Å²) in [6.45, 7) is 1.40. The third-order valence-corrected chi connectivity index (χ3v) is 13.6. The first-order chi connectivity index (χ1) is 35.5. The zero-order valence-corrected chi connectivity index (χ0v) is 43.4. The van der Waals surface area contributed by atoms with Crippen LogP contribution in [0.2, 0.25) is 0 Å². The molecule has 4 saturated heterocycles. The summed E-state index contributed by atoms with van der Waals surface area (Å²) in [5.41, 5.74) is 0. The number of rotatable bonds is 29. The van der Waals surface area contributed by atoms with Gasteiger partial charge in [-0.05, 0) is 32.1 Å². The molecular weight excluding hydrogens is 1020 g/mol. The van der Waals surface area contributed by atoms with Crippen LogP contribution in [0.3, 0.4) is 0 Å². The van der Waals surface area contributed by atoms with Crippen LogP contribution < -0.4 is 21.3 Å². The van der Waals surface area contributed by atoms with E-state index in [1.165, 1.54) is 25.7 Å². The minimum Gasteiger partial charge on any atom is -0.394 e. The number of aliphatic hydroxyl groups excluding tert-OH is 9. The van der Waals surface area contributed by atoms with E-state index < -0.39 is 183 Å². The highest BCUT2D eigenvalue weighted by Gasteiger charge is 2.56. The maximum atomic E-state index is 13.3. The Kier molecular flexibility index (Phi) is 27.0. The normalized spacial score (nSPS) is 36.5. The molecule has 0 radical (unpaired) electrons. The molecule has 434 valence electrons. The van der Waals surface area contributed by atoms with Gasteiger partial charge in [-0.25, -0.2) is 4.18 Å². The lowest BCUT2D eigenvalue weighted by Crippen LogP contribution is -2.71. The van der Waals surface area contributed by atoms with E-state index in [4.69, 9.17) is 33.2 Å². The summed E-state index contributed by atoms with van der Waals surface area (Å²) < 4.78 is 77.9. The van der Waals surface area contributed by atoms with Crippen LogP contribution in [0, 0.1) is 0 Å². The van der Waals surface area contributed by atoms with E-state index >= 15 is 0 Å². The molecule has 0 aliphatic carbocycles. The fourth-order valence-corrected chi connectivity index (χ4v) is 9.64. The van der Waals surface area contributed by atoms with E-state index in [-0.39, 0.29) is 6.42 Å². The van der Waals surface area contributed by atoms with Crippen molar-refractivity contribution in [1.82, 2.24) is 21.3 Å². The molecule has 0 bridgehead atoms. The fraction of sp³-hybridized carbons (Fsp3) is 0.870. The Balaban J connectivity index is 1.50. The summed E-state index contributed by atoms with van der Waals surface area (Å²) in [4.78, 5) is 50.5. The highest BCUT2D eigenvalue weighted by atomic mass is 32.3. The average molecular weight is 1110 g/mol. The van der Waals surface area contributed by atoms with Crippen molar-refractivity contribution < 1.29 is 115 Å². The van der Waals surface area contributed by atoms with Gasteiger partial charge in [0, 0.05) is 27.2 Å². The highest BCUT2D eigenvalue weighted by Crippen LogP contribution is 2.35. The zero-order valence-electron chi connectivity index (χ0n) is 42.6. The Morgan fingerprint density at radius 3 is 1.36 bits per heavy atom. The topological polar surface area (TPSA) is 427 Å². The van der Waals surface area contributed by atoms with Crippen molar-refractivity contribution in [3.63, 3.8) is 0 Å². The van der Waals surface area contributed by atoms with Crippen molar-refractivity contribution in [3.8, 4) is 0 Å². The summed E-state index contributed by atoms with van der Waals surface area (Å²) in [6.07, 6.45) is -13.5. The first kappa shape index (κ1) is 64.4. The summed E-state index contributed by atoms with van der Waals surface area (Å²) in [5, 5.41) is 109. The van der Waals surface area contributed by atoms with E-state index in [9.17, 15) is 78.1 Å². The minimum atomic E-state index is -5.15. The molecule has 8 unspecified atom stereocenters. The van der Waals surface area contributed by atoms with Crippen LogP contribution in [0.25, 0.3) is 0 Å². The molecule has 75 heavy (non-hydrogen) atoms. The Morgan fingerprint density at radius 2 is 0.907 bits per heavy atom. The number of hydrogen-bond donors (Lipinski definition) is 14. The molecule has 14 N–H and O–H groups in total. The summed E-state index contributed by atoms with van der Waals surface area (Å²) >= 11 is 0. The fourth-order valence-electron chi connectivity index (χ4n) is 9.34. The first-order valence-corrected chi connectivity index (χ1v) is 26.8. The van der Waals surface area contributed by atoms with Crippen LogP contribution in [0.1, 0.15) is 105 Å². The predicted molar refractivity (Wildman–Crippen MR) is 255 cm³/mol. The number of ether oxygens (including phenoxy) is 7. The number of aliphatic hydroxyl groups is 9. The van der Waals surface area contributed by atoms with Gasteiger partial charge >= 0.3 is 10.4 Å². The predicted octanol–water partition coefficient (Wildman–Crippen LogP) is -4.11. The molecular formula is C46H80N4O24S. The second-order valence-electron chi connectivity index (χ2n) is 19.1. The van der Waals surface area contributed by atoms with Crippen molar-refractivity contribution in [2.24, 2.45) is 0 Å². The largest absolute Gasteiger partial charge is 0.397 e. The van der Waals surface area contributed by atoms with Crippen LogP contribution >= 0.6 is 0 Å². The number of allylic oxidation sites excluding steroid dienone is 2. The molecule has 4 amide bonds. The lowest BCUT2D eigenvalue weighted by Gasteiger charge is -2.51. The molecule has 20 atom stereocenters. The maximum Gasteiger partial charge on any atom is 0.397 e. The van der Waals surface area contributed by atoms with Gasteiger partial charge in [0.15, 0.2) is 25.2 Å². The van der Waals surface area contributed by atoms with Gasteiger partial charge in [0.2, 0.25) is 23.6 Å². The lowest BCUT2D eigenvalue weighted by atomic mass is 9.93. The van der Waals surface area contributed by atoms with E-state index in [0.29, 0.717) is 6.42 Å². The monoisotopic (exact) mass is 1100 g/mol. The molecule has 4 heterocycles.